The maximum atomic E-state index is 12.9. The number of amides is 2. The van der Waals surface area contributed by atoms with E-state index in [1.165, 1.54) is 0 Å². The van der Waals surface area contributed by atoms with Crippen molar-refractivity contribution in [3.8, 4) is 17.3 Å². The number of carbonyl (C=O) groups excluding carboxylic acids is 2. The summed E-state index contributed by atoms with van der Waals surface area (Å²) in [5.41, 5.74) is 4.36. The zero-order valence-electron chi connectivity index (χ0n) is 23.1. The number of hydrogen-bond acceptors (Lipinski definition) is 6. The molecule has 1 aromatic heterocycles. The molecule has 2 heterocycles. The summed E-state index contributed by atoms with van der Waals surface area (Å²) in [6.45, 7) is 11.4. The molecule has 0 radical (unpaired) electrons. The fourth-order valence-electron chi connectivity index (χ4n) is 4.63. The van der Waals surface area contributed by atoms with Crippen LogP contribution in [0.3, 0.4) is 0 Å². The molecule has 202 valence electrons. The van der Waals surface area contributed by atoms with Gasteiger partial charge in [-0.1, -0.05) is 44.2 Å². The first-order valence-corrected chi connectivity index (χ1v) is 13.5. The molecule has 1 aliphatic heterocycles. The van der Waals surface area contributed by atoms with E-state index in [1.807, 2.05) is 29.2 Å². The molecular formula is C31H36N6O2. The molecule has 1 saturated heterocycles. The summed E-state index contributed by atoms with van der Waals surface area (Å²) < 4.78 is 0. The van der Waals surface area contributed by atoms with Crippen molar-refractivity contribution in [2.24, 2.45) is 5.92 Å². The van der Waals surface area contributed by atoms with E-state index in [4.69, 9.17) is 4.98 Å². The van der Waals surface area contributed by atoms with Crippen molar-refractivity contribution in [1.29, 1.82) is 5.26 Å². The predicted octanol–water partition coefficient (Wildman–Crippen LogP) is 4.30. The number of nitriles is 1. The van der Waals surface area contributed by atoms with E-state index in [0.29, 0.717) is 41.7 Å². The van der Waals surface area contributed by atoms with E-state index in [0.717, 1.165) is 42.9 Å². The number of rotatable bonds is 8. The second kappa shape index (κ2) is 12.6. The lowest BCUT2D eigenvalue weighted by Gasteiger charge is -2.37. The van der Waals surface area contributed by atoms with Crippen molar-refractivity contribution < 1.29 is 9.59 Å². The fraction of sp³-hybridized carbons (Fsp3) is 0.387. The third-order valence-corrected chi connectivity index (χ3v) is 7.03. The Hall–Kier alpha value is -4.09. The second-order valence-electron chi connectivity index (χ2n) is 10.6. The van der Waals surface area contributed by atoms with Gasteiger partial charge in [-0.2, -0.15) is 5.26 Å². The predicted molar refractivity (Wildman–Crippen MR) is 152 cm³/mol. The summed E-state index contributed by atoms with van der Waals surface area (Å²) in [6.07, 6.45) is 2.62. The number of anilines is 1. The van der Waals surface area contributed by atoms with E-state index >= 15 is 0 Å². The molecule has 4 rings (SSSR count). The van der Waals surface area contributed by atoms with Gasteiger partial charge in [0.05, 0.1) is 23.4 Å². The monoisotopic (exact) mass is 524 g/mol. The molecule has 3 aromatic rings. The molecule has 1 N–H and O–H groups in total. The standard InChI is InChI=1S/C31H36N6O2/c1-21(2)31(39)35-27-9-8-25(19-26(27)20-32)28-10-11-33-29(34-28)17-23-6-5-7-24(16-23)18-30(38)37-14-12-36(13-15-37)22(3)4/h5-11,16,19,21-22H,12-15,17-18H2,1-4H3,(H,35,39). The van der Waals surface area contributed by atoms with Crippen LogP contribution in [0.15, 0.2) is 54.7 Å². The van der Waals surface area contributed by atoms with Crippen LogP contribution in [0.25, 0.3) is 11.3 Å². The van der Waals surface area contributed by atoms with Crippen molar-refractivity contribution in [2.45, 2.75) is 46.6 Å². The Bertz CT molecular complexity index is 1370. The fourth-order valence-corrected chi connectivity index (χ4v) is 4.63. The van der Waals surface area contributed by atoms with Crippen LogP contribution in [0.1, 0.15) is 50.2 Å². The number of benzene rings is 2. The van der Waals surface area contributed by atoms with E-state index < -0.39 is 0 Å². The van der Waals surface area contributed by atoms with Gasteiger partial charge in [0, 0.05) is 56.3 Å². The first-order chi connectivity index (χ1) is 18.7. The third kappa shape index (κ3) is 7.27. The highest BCUT2D eigenvalue weighted by molar-refractivity contribution is 5.93. The number of aromatic nitrogens is 2. The first kappa shape index (κ1) is 27.9. The molecule has 1 fully saturated rings. The SMILES string of the molecule is CC(C)C(=O)Nc1ccc(-c2ccnc(Cc3cccc(CC(=O)N4CCN(C(C)C)CC4)c3)n2)cc1C#N. The van der Waals surface area contributed by atoms with Crippen molar-refractivity contribution >= 4 is 17.5 Å². The highest BCUT2D eigenvalue weighted by Crippen LogP contribution is 2.24. The highest BCUT2D eigenvalue weighted by Gasteiger charge is 2.22. The minimum Gasteiger partial charge on any atom is -0.340 e. The van der Waals surface area contributed by atoms with Gasteiger partial charge in [0.15, 0.2) is 0 Å². The van der Waals surface area contributed by atoms with Crippen LogP contribution in [0.4, 0.5) is 5.69 Å². The number of carbonyl (C=O) groups is 2. The Morgan fingerprint density at radius 2 is 1.74 bits per heavy atom. The average Bonchev–Trinajstić information content (AvgIpc) is 2.93. The van der Waals surface area contributed by atoms with E-state index in [2.05, 4.69) is 41.2 Å². The maximum absolute atomic E-state index is 12.9. The lowest BCUT2D eigenvalue weighted by molar-refractivity contribution is -0.132. The van der Waals surface area contributed by atoms with Crippen molar-refractivity contribution in [2.75, 3.05) is 31.5 Å². The minimum absolute atomic E-state index is 0.138. The Morgan fingerprint density at radius 1 is 1.00 bits per heavy atom. The first-order valence-electron chi connectivity index (χ1n) is 13.5. The van der Waals surface area contributed by atoms with Gasteiger partial charge in [0.1, 0.15) is 11.9 Å². The topological polar surface area (TPSA) is 102 Å². The number of nitrogens with zero attached hydrogens (tertiary/aromatic N) is 5. The molecule has 0 spiro atoms. The number of piperazine rings is 1. The lowest BCUT2D eigenvalue weighted by Crippen LogP contribution is -2.51. The van der Waals surface area contributed by atoms with Gasteiger partial charge in [-0.15, -0.1) is 0 Å². The van der Waals surface area contributed by atoms with Crippen LogP contribution >= 0.6 is 0 Å². The molecular weight excluding hydrogens is 488 g/mol. The molecule has 8 nitrogen and oxygen atoms in total. The summed E-state index contributed by atoms with van der Waals surface area (Å²) in [5.74, 6) is 0.491. The van der Waals surface area contributed by atoms with Gasteiger partial charge in [0.2, 0.25) is 11.8 Å². The van der Waals surface area contributed by atoms with Gasteiger partial charge >= 0.3 is 0 Å². The summed E-state index contributed by atoms with van der Waals surface area (Å²) in [7, 11) is 0. The van der Waals surface area contributed by atoms with Crippen LogP contribution in [0.2, 0.25) is 0 Å². The minimum atomic E-state index is -0.183. The Kier molecular flexibility index (Phi) is 9.05. The van der Waals surface area contributed by atoms with Gasteiger partial charge in [-0.05, 0) is 43.2 Å². The molecule has 8 heteroatoms. The largest absolute Gasteiger partial charge is 0.340 e. The molecule has 2 aromatic carbocycles. The smallest absolute Gasteiger partial charge is 0.227 e. The Morgan fingerprint density at radius 3 is 2.44 bits per heavy atom. The van der Waals surface area contributed by atoms with Gasteiger partial charge in [0.25, 0.3) is 0 Å². The van der Waals surface area contributed by atoms with Crippen LogP contribution in [-0.4, -0.2) is 63.8 Å². The second-order valence-corrected chi connectivity index (χ2v) is 10.6. The third-order valence-electron chi connectivity index (χ3n) is 7.03. The summed E-state index contributed by atoms with van der Waals surface area (Å²) >= 11 is 0. The zero-order chi connectivity index (χ0) is 27.9. The maximum Gasteiger partial charge on any atom is 0.227 e. The molecule has 1 aliphatic rings. The van der Waals surface area contributed by atoms with Crippen LogP contribution in [-0.2, 0) is 22.4 Å². The van der Waals surface area contributed by atoms with Crippen molar-refractivity contribution in [3.63, 3.8) is 0 Å². The number of nitrogens with one attached hydrogen (secondary N) is 1. The molecule has 0 aliphatic carbocycles. The van der Waals surface area contributed by atoms with E-state index in [1.54, 1.807) is 38.2 Å². The summed E-state index contributed by atoms with van der Waals surface area (Å²) in [4.78, 5) is 38.6. The summed E-state index contributed by atoms with van der Waals surface area (Å²) in [5, 5.41) is 12.4. The molecule has 0 atom stereocenters. The van der Waals surface area contributed by atoms with Crippen LogP contribution < -0.4 is 5.32 Å². The Balaban J connectivity index is 1.43. The van der Waals surface area contributed by atoms with Crippen molar-refractivity contribution in [1.82, 2.24) is 19.8 Å². The quantitative estimate of drug-likeness (QED) is 0.472. The number of hydrogen-bond donors (Lipinski definition) is 1. The van der Waals surface area contributed by atoms with E-state index in [9.17, 15) is 14.9 Å². The van der Waals surface area contributed by atoms with E-state index in [-0.39, 0.29) is 17.7 Å². The molecule has 2 amide bonds. The van der Waals surface area contributed by atoms with Crippen molar-refractivity contribution in [3.05, 3.63) is 77.2 Å². The zero-order valence-corrected chi connectivity index (χ0v) is 23.1. The van der Waals surface area contributed by atoms with Gasteiger partial charge in [-0.3, -0.25) is 14.5 Å². The molecule has 0 bridgehead atoms. The lowest BCUT2D eigenvalue weighted by atomic mass is 10.0. The van der Waals surface area contributed by atoms with Crippen LogP contribution in [0, 0.1) is 17.2 Å². The highest BCUT2D eigenvalue weighted by atomic mass is 16.2. The molecule has 39 heavy (non-hydrogen) atoms. The molecule has 0 unspecified atom stereocenters. The van der Waals surface area contributed by atoms with Crippen LogP contribution in [0.5, 0.6) is 0 Å². The summed E-state index contributed by atoms with van der Waals surface area (Å²) in [6, 6.07) is 17.8. The normalized spacial score (nSPS) is 13.9. The molecule has 0 saturated carbocycles. The van der Waals surface area contributed by atoms with Gasteiger partial charge in [-0.25, -0.2) is 9.97 Å². The van der Waals surface area contributed by atoms with Gasteiger partial charge < -0.3 is 10.2 Å². The average molecular weight is 525 g/mol. The Labute approximate surface area is 230 Å².